The first kappa shape index (κ1) is 13.2. The predicted molar refractivity (Wildman–Crippen MR) is 76.0 cm³/mol. The molecule has 2 aromatic rings. The van der Waals surface area contributed by atoms with Gasteiger partial charge in [-0.15, -0.1) is 0 Å². The summed E-state index contributed by atoms with van der Waals surface area (Å²) in [7, 11) is 0. The molecule has 0 aliphatic heterocycles. The zero-order valence-corrected chi connectivity index (χ0v) is 11.5. The number of halogens is 1. The molecule has 3 N–H and O–H groups in total. The molecule has 0 fully saturated rings. The van der Waals surface area contributed by atoms with Gasteiger partial charge in [-0.3, -0.25) is 0 Å². The van der Waals surface area contributed by atoms with Crippen LogP contribution in [-0.4, -0.2) is 10.2 Å². The molecule has 5 heteroatoms. The third kappa shape index (κ3) is 2.98. The Labute approximate surface area is 119 Å². The van der Waals surface area contributed by atoms with Crippen LogP contribution in [0, 0.1) is 11.3 Å². The lowest BCUT2D eigenvalue weighted by atomic mass is 10.1. The van der Waals surface area contributed by atoms with Gasteiger partial charge in [0.2, 0.25) is 0 Å². The Morgan fingerprint density at radius 3 is 2.74 bits per heavy atom. The Kier molecular flexibility index (Phi) is 3.93. The van der Waals surface area contributed by atoms with Crippen molar-refractivity contribution in [1.29, 1.82) is 5.26 Å². The summed E-state index contributed by atoms with van der Waals surface area (Å²) in [5.41, 5.74) is 1.74. The first-order valence-corrected chi connectivity index (χ1v) is 6.34. The summed E-state index contributed by atoms with van der Waals surface area (Å²) in [5.74, 6) is -0.308. The number of hydrogen-bond donors (Lipinski definition) is 3. The van der Waals surface area contributed by atoms with Gasteiger partial charge in [-0.2, -0.15) is 5.26 Å². The lowest BCUT2D eigenvalue weighted by Gasteiger charge is -2.10. The minimum atomic E-state index is -0.158. The van der Waals surface area contributed by atoms with Gasteiger partial charge in [0.15, 0.2) is 11.5 Å². The first-order valence-electron chi connectivity index (χ1n) is 5.55. The zero-order chi connectivity index (χ0) is 13.8. The van der Waals surface area contributed by atoms with Crippen molar-refractivity contribution in [2.24, 2.45) is 0 Å². The van der Waals surface area contributed by atoms with E-state index in [1.165, 1.54) is 6.07 Å². The quantitative estimate of drug-likeness (QED) is 0.758. The van der Waals surface area contributed by atoms with Gasteiger partial charge in [-0.1, -0.05) is 28.1 Å². The van der Waals surface area contributed by atoms with Crippen LogP contribution in [0.4, 0.5) is 5.69 Å². The van der Waals surface area contributed by atoms with Crippen molar-refractivity contribution in [2.75, 3.05) is 5.32 Å². The highest BCUT2D eigenvalue weighted by Gasteiger charge is 2.07. The monoisotopic (exact) mass is 318 g/mol. The van der Waals surface area contributed by atoms with Gasteiger partial charge in [0, 0.05) is 16.6 Å². The molecular weight excluding hydrogens is 308 g/mol. The third-order valence-electron chi connectivity index (χ3n) is 2.67. The maximum Gasteiger partial charge on any atom is 0.162 e. The smallest absolute Gasteiger partial charge is 0.162 e. The van der Waals surface area contributed by atoms with E-state index in [0.29, 0.717) is 23.4 Å². The largest absolute Gasteiger partial charge is 0.504 e. The molecule has 0 aliphatic rings. The van der Waals surface area contributed by atoms with E-state index in [9.17, 15) is 10.2 Å². The number of anilines is 1. The van der Waals surface area contributed by atoms with Crippen LogP contribution >= 0.6 is 15.9 Å². The van der Waals surface area contributed by atoms with Crippen molar-refractivity contribution in [3.63, 3.8) is 0 Å². The van der Waals surface area contributed by atoms with Crippen molar-refractivity contribution in [3.8, 4) is 17.6 Å². The van der Waals surface area contributed by atoms with Crippen molar-refractivity contribution in [2.45, 2.75) is 6.54 Å². The average molecular weight is 319 g/mol. The van der Waals surface area contributed by atoms with Crippen LogP contribution in [0.5, 0.6) is 11.5 Å². The summed E-state index contributed by atoms with van der Waals surface area (Å²) < 4.78 is 0.856. The Balaban J connectivity index is 2.21. The van der Waals surface area contributed by atoms with E-state index >= 15 is 0 Å². The standard InChI is InChI=1S/C14H11BrN2O2/c15-11-5-4-9(7-16)12(6-11)17-8-10-2-1-3-13(18)14(10)19/h1-6,17-19H,8H2. The second kappa shape index (κ2) is 5.63. The van der Waals surface area contributed by atoms with E-state index in [-0.39, 0.29) is 11.5 Å². The number of phenolic OH excluding ortho intramolecular Hbond substituents is 2. The molecule has 0 amide bonds. The normalized spacial score (nSPS) is 9.89. The highest BCUT2D eigenvalue weighted by atomic mass is 79.9. The number of rotatable bonds is 3. The van der Waals surface area contributed by atoms with Crippen molar-refractivity contribution in [3.05, 3.63) is 52.0 Å². The lowest BCUT2D eigenvalue weighted by Crippen LogP contribution is -2.01. The molecule has 0 saturated heterocycles. The van der Waals surface area contributed by atoms with Crippen LogP contribution in [0.25, 0.3) is 0 Å². The minimum absolute atomic E-state index is 0.150. The third-order valence-corrected chi connectivity index (χ3v) is 3.16. The molecular formula is C14H11BrN2O2. The Bertz CT molecular complexity index is 650. The number of nitriles is 1. The van der Waals surface area contributed by atoms with E-state index in [1.807, 2.05) is 0 Å². The van der Waals surface area contributed by atoms with Gasteiger partial charge in [0.1, 0.15) is 6.07 Å². The van der Waals surface area contributed by atoms with E-state index in [4.69, 9.17) is 5.26 Å². The summed E-state index contributed by atoms with van der Waals surface area (Å²) in [5, 5.41) is 31.2. The van der Waals surface area contributed by atoms with Gasteiger partial charge in [0.05, 0.1) is 11.3 Å². The molecule has 2 rings (SSSR count). The van der Waals surface area contributed by atoms with Crippen molar-refractivity contribution < 1.29 is 10.2 Å². The van der Waals surface area contributed by atoms with Crippen LogP contribution in [0.3, 0.4) is 0 Å². The summed E-state index contributed by atoms with van der Waals surface area (Å²) in [6, 6.07) is 12.1. The maximum atomic E-state index is 9.69. The number of aromatic hydroxyl groups is 2. The molecule has 0 saturated carbocycles. The number of nitrogens with one attached hydrogen (secondary N) is 1. The number of para-hydroxylation sites is 1. The molecule has 0 spiro atoms. The summed E-state index contributed by atoms with van der Waals surface area (Å²) in [4.78, 5) is 0. The minimum Gasteiger partial charge on any atom is -0.504 e. The summed E-state index contributed by atoms with van der Waals surface area (Å²) >= 11 is 3.34. The van der Waals surface area contributed by atoms with Crippen molar-refractivity contribution in [1.82, 2.24) is 0 Å². The summed E-state index contributed by atoms with van der Waals surface area (Å²) in [6.45, 7) is 0.311. The average Bonchev–Trinajstić information content (AvgIpc) is 2.40. The maximum absolute atomic E-state index is 9.69. The van der Waals surface area contributed by atoms with Crippen molar-refractivity contribution >= 4 is 21.6 Å². The van der Waals surface area contributed by atoms with Crippen LogP contribution in [0.2, 0.25) is 0 Å². The molecule has 0 atom stereocenters. The molecule has 2 aromatic carbocycles. The first-order chi connectivity index (χ1) is 9.11. The highest BCUT2D eigenvalue weighted by molar-refractivity contribution is 9.10. The fourth-order valence-corrected chi connectivity index (χ4v) is 2.03. The second-order valence-electron chi connectivity index (χ2n) is 3.94. The lowest BCUT2D eigenvalue weighted by molar-refractivity contribution is 0.400. The predicted octanol–water partition coefficient (Wildman–Crippen LogP) is 3.34. The van der Waals surface area contributed by atoms with E-state index in [2.05, 4.69) is 27.3 Å². The molecule has 0 unspecified atom stereocenters. The molecule has 4 nitrogen and oxygen atoms in total. The molecule has 0 bridgehead atoms. The number of hydrogen-bond acceptors (Lipinski definition) is 4. The SMILES string of the molecule is N#Cc1ccc(Br)cc1NCc1cccc(O)c1O. The fourth-order valence-electron chi connectivity index (χ4n) is 1.67. The highest BCUT2D eigenvalue weighted by Crippen LogP contribution is 2.29. The number of phenols is 2. The van der Waals surface area contributed by atoms with E-state index in [1.54, 1.807) is 30.3 Å². The van der Waals surface area contributed by atoms with Crippen LogP contribution in [0.1, 0.15) is 11.1 Å². The second-order valence-corrected chi connectivity index (χ2v) is 4.86. The molecule has 0 radical (unpaired) electrons. The van der Waals surface area contributed by atoms with E-state index in [0.717, 1.165) is 4.47 Å². The molecule has 96 valence electrons. The van der Waals surface area contributed by atoms with Gasteiger partial charge >= 0.3 is 0 Å². The number of benzene rings is 2. The Morgan fingerprint density at radius 2 is 2.00 bits per heavy atom. The fraction of sp³-hybridized carbons (Fsp3) is 0.0714. The zero-order valence-electron chi connectivity index (χ0n) is 9.89. The summed E-state index contributed by atoms with van der Waals surface area (Å²) in [6.07, 6.45) is 0. The molecule has 0 aromatic heterocycles. The molecule has 19 heavy (non-hydrogen) atoms. The van der Waals surface area contributed by atoms with E-state index < -0.39 is 0 Å². The molecule has 0 heterocycles. The van der Waals surface area contributed by atoms with Crippen LogP contribution in [-0.2, 0) is 6.54 Å². The topological polar surface area (TPSA) is 76.3 Å². The number of nitrogens with zero attached hydrogens (tertiary/aromatic N) is 1. The van der Waals surface area contributed by atoms with Gasteiger partial charge in [-0.25, -0.2) is 0 Å². The van der Waals surface area contributed by atoms with Gasteiger partial charge < -0.3 is 15.5 Å². The molecule has 0 aliphatic carbocycles. The Hall–Kier alpha value is -2.19. The Morgan fingerprint density at radius 1 is 1.21 bits per heavy atom. The van der Waals surface area contributed by atoms with Crippen LogP contribution < -0.4 is 5.32 Å². The van der Waals surface area contributed by atoms with Gasteiger partial charge in [-0.05, 0) is 24.3 Å². The van der Waals surface area contributed by atoms with Gasteiger partial charge in [0.25, 0.3) is 0 Å². The van der Waals surface area contributed by atoms with Crippen LogP contribution in [0.15, 0.2) is 40.9 Å².